The van der Waals surface area contributed by atoms with Crippen LogP contribution in [0.4, 0.5) is 5.82 Å². The van der Waals surface area contributed by atoms with E-state index >= 15 is 0 Å². The van der Waals surface area contributed by atoms with Crippen molar-refractivity contribution in [3.63, 3.8) is 0 Å². The van der Waals surface area contributed by atoms with Crippen molar-refractivity contribution >= 4 is 5.82 Å². The maximum atomic E-state index is 9.55. The number of nitrogens with zero attached hydrogens (tertiary/aromatic N) is 2. The molecule has 0 spiro atoms. The van der Waals surface area contributed by atoms with E-state index in [0.717, 1.165) is 31.9 Å². The van der Waals surface area contributed by atoms with Crippen molar-refractivity contribution in [3.8, 4) is 0 Å². The average molecular weight is 263 g/mol. The summed E-state index contributed by atoms with van der Waals surface area (Å²) in [7, 11) is 0. The summed E-state index contributed by atoms with van der Waals surface area (Å²) in [5.41, 5.74) is 2.42. The first kappa shape index (κ1) is 14.3. The van der Waals surface area contributed by atoms with Gasteiger partial charge in [0.25, 0.3) is 0 Å². The van der Waals surface area contributed by atoms with Crippen LogP contribution in [0, 0.1) is 12.8 Å². The number of aryl methyl sites for hydroxylation is 1. The fourth-order valence-corrected chi connectivity index (χ4v) is 2.84. The van der Waals surface area contributed by atoms with Gasteiger partial charge >= 0.3 is 0 Å². The molecule has 1 fully saturated rings. The third-order valence-electron chi connectivity index (χ3n) is 4.03. The Kier molecular flexibility index (Phi) is 4.77. The zero-order chi connectivity index (χ0) is 13.8. The third kappa shape index (κ3) is 3.07. The lowest BCUT2D eigenvalue weighted by Crippen LogP contribution is -2.36. The van der Waals surface area contributed by atoms with E-state index in [1.807, 2.05) is 6.20 Å². The number of aliphatic hydroxyl groups excluding tert-OH is 1. The Labute approximate surface area is 115 Å². The highest BCUT2D eigenvalue weighted by molar-refractivity contribution is 5.49. The molecule has 2 rings (SSSR count). The molecule has 19 heavy (non-hydrogen) atoms. The van der Waals surface area contributed by atoms with Gasteiger partial charge in [0.2, 0.25) is 0 Å². The zero-order valence-corrected chi connectivity index (χ0v) is 12.2. The normalized spacial score (nSPS) is 23.1. The molecule has 4 heteroatoms. The standard InChI is InChI=1S/C15H25N3O/c1-4-16-8-13-7-12(3)15(17-9-13)18-6-5-11(2)14(18)10-19/h7,9,11,14,16,19H,4-6,8,10H2,1-3H3. The maximum Gasteiger partial charge on any atom is 0.131 e. The Hall–Kier alpha value is -1.13. The number of hydrogen-bond acceptors (Lipinski definition) is 4. The highest BCUT2D eigenvalue weighted by atomic mass is 16.3. The molecule has 2 N–H and O–H groups in total. The summed E-state index contributed by atoms with van der Waals surface area (Å²) in [4.78, 5) is 6.88. The summed E-state index contributed by atoms with van der Waals surface area (Å²) in [6, 6.07) is 2.41. The van der Waals surface area contributed by atoms with Gasteiger partial charge in [-0.2, -0.15) is 0 Å². The molecule has 2 heterocycles. The Morgan fingerprint density at radius 1 is 1.53 bits per heavy atom. The number of pyridine rings is 1. The molecule has 1 saturated heterocycles. The number of aromatic nitrogens is 1. The van der Waals surface area contributed by atoms with Crippen molar-refractivity contribution < 1.29 is 5.11 Å². The summed E-state index contributed by atoms with van der Waals surface area (Å²) in [5.74, 6) is 1.57. The van der Waals surface area contributed by atoms with Crippen molar-refractivity contribution in [1.82, 2.24) is 10.3 Å². The zero-order valence-electron chi connectivity index (χ0n) is 12.2. The molecule has 0 aliphatic carbocycles. The first-order valence-electron chi connectivity index (χ1n) is 7.21. The van der Waals surface area contributed by atoms with Gasteiger partial charge in [-0.05, 0) is 43.0 Å². The van der Waals surface area contributed by atoms with Crippen LogP contribution in [0.1, 0.15) is 31.4 Å². The van der Waals surface area contributed by atoms with Crippen LogP contribution in [0.2, 0.25) is 0 Å². The molecule has 0 saturated carbocycles. The van der Waals surface area contributed by atoms with Gasteiger partial charge in [-0.3, -0.25) is 0 Å². The maximum absolute atomic E-state index is 9.55. The van der Waals surface area contributed by atoms with Crippen molar-refractivity contribution in [3.05, 3.63) is 23.4 Å². The molecule has 0 amide bonds. The molecule has 1 aromatic heterocycles. The smallest absolute Gasteiger partial charge is 0.131 e. The van der Waals surface area contributed by atoms with E-state index in [0.29, 0.717) is 5.92 Å². The van der Waals surface area contributed by atoms with Crippen LogP contribution in [0.5, 0.6) is 0 Å². The van der Waals surface area contributed by atoms with Crippen LogP contribution >= 0.6 is 0 Å². The fraction of sp³-hybridized carbons (Fsp3) is 0.667. The Balaban J connectivity index is 2.16. The van der Waals surface area contributed by atoms with Gasteiger partial charge in [0.05, 0.1) is 12.6 Å². The van der Waals surface area contributed by atoms with E-state index in [2.05, 4.69) is 42.0 Å². The van der Waals surface area contributed by atoms with Gasteiger partial charge in [0.15, 0.2) is 0 Å². The topological polar surface area (TPSA) is 48.4 Å². The molecular weight excluding hydrogens is 238 g/mol. The molecule has 106 valence electrons. The van der Waals surface area contributed by atoms with Gasteiger partial charge < -0.3 is 15.3 Å². The van der Waals surface area contributed by atoms with Crippen LogP contribution in [0.3, 0.4) is 0 Å². The quantitative estimate of drug-likeness (QED) is 0.849. The SMILES string of the molecule is CCNCc1cnc(N2CCC(C)C2CO)c(C)c1. The summed E-state index contributed by atoms with van der Waals surface area (Å²) < 4.78 is 0. The average Bonchev–Trinajstić information content (AvgIpc) is 2.77. The van der Waals surface area contributed by atoms with E-state index in [1.54, 1.807) is 0 Å². The van der Waals surface area contributed by atoms with Crippen LogP contribution in [-0.4, -0.2) is 35.8 Å². The van der Waals surface area contributed by atoms with Crippen LogP contribution < -0.4 is 10.2 Å². The predicted molar refractivity (Wildman–Crippen MR) is 78.4 cm³/mol. The number of anilines is 1. The van der Waals surface area contributed by atoms with Crippen molar-refractivity contribution in [2.75, 3.05) is 24.6 Å². The first-order chi connectivity index (χ1) is 9.17. The highest BCUT2D eigenvalue weighted by Crippen LogP contribution is 2.30. The van der Waals surface area contributed by atoms with Crippen LogP contribution in [-0.2, 0) is 6.54 Å². The minimum Gasteiger partial charge on any atom is -0.394 e. The van der Waals surface area contributed by atoms with Gasteiger partial charge in [0, 0.05) is 19.3 Å². The fourth-order valence-electron chi connectivity index (χ4n) is 2.84. The van der Waals surface area contributed by atoms with Crippen LogP contribution in [0.15, 0.2) is 12.3 Å². The molecule has 0 radical (unpaired) electrons. The second-order valence-corrected chi connectivity index (χ2v) is 5.47. The Morgan fingerprint density at radius 3 is 2.95 bits per heavy atom. The molecular formula is C15H25N3O. The lowest BCUT2D eigenvalue weighted by atomic mass is 10.0. The molecule has 1 aliphatic rings. The lowest BCUT2D eigenvalue weighted by molar-refractivity contribution is 0.244. The lowest BCUT2D eigenvalue weighted by Gasteiger charge is -2.27. The predicted octanol–water partition coefficient (Wildman–Crippen LogP) is 1.71. The first-order valence-corrected chi connectivity index (χ1v) is 7.21. The van der Waals surface area contributed by atoms with Crippen molar-refractivity contribution in [1.29, 1.82) is 0 Å². The summed E-state index contributed by atoms with van der Waals surface area (Å²) in [5, 5.41) is 12.9. The number of rotatable bonds is 5. The van der Waals surface area contributed by atoms with Gasteiger partial charge in [-0.15, -0.1) is 0 Å². The third-order valence-corrected chi connectivity index (χ3v) is 4.03. The summed E-state index contributed by atoms with van der Waals surface area (Å²) >= 11 is 0. The largest absolute Gasteiger partial charge is 0.394 e. The molecule has 1 aromatic rings. The van der Waals surface area contributed by atoms with E-state index in [4.69, 9.17) is 0 Å². The van der Waals surface area contributed by atoms with Crippen molar-refractivity contribution in [2.24, 2.45) is 5.92 Å². The summed E-state index contributed by atoms with van der Waals surface area (Å²) in [6.45, 7) is 9.45. The second kappa shape index (κ2) is 6.35. The molecule has 4 nitrogen and oxygen atoms in total. The van der Waals surface area contributed by atoms with Gasteiger partial charge in [-0.1, -0.05) is 13.8 Å². The van der Waals surface area contributed by atoms with E-state index in [-0.39, 0.29) is 12.6 Å². The molecule has 2 atom stereocenters. The number of nitrogens with one attached hydrogen (secondary N) is 1. The minimum absolute atomic E-state index is 0.210. The highest BCUT2D eigenvalue weighted by Gasteiger charge is 2.32. The molecule has 0 aromatic carbocycles. The molecule has 1 aliphatic heterocycles. The van der Waals surface area contributed by atoms with Crippen molar-refractivity contribution in [2.45, 2.75) is 39.8 Å². The van der Waals surface area contributed by atoms with E-state index in [1.165, 1.54) is 11.1 Å². The number of hydrogen-bond donors (Lipinski definition) is 2. The Morgan fingerprint density at radius 2 is 2.32 bits per heavy atom. The summed E-state index contributed by atoms with van der Waals surface area (Å²) in [6.07, 6.45) is 3.08. The van der Waals surface area contributed by atoms with E-state index < -0.39 is 0 Å². The minimum atomic E-state index is 0.210. The second-order valence-electron chi connectivity index (χ2n) is 5.47. The number of aliphatic hydroxyl groups is 1. The van der Waals surface area contributed by atoms with Gasteiger partial charge in [0.1, 0.15) is 5.82 Å². The monoisotopic (exact) mass is 263 g/mol. The Bertz CT molecular complexity index is 422. The van der Waals surface area contributed by atoms with E-state index in [9.17, 15) is 5.11 Å². The molecule has 0 bridgehead atoms. The molecule has 2 unspecified atom stereocenters. The van der Waals surface area contributed by atoms with Gasteiger partial charge in [-0.25, -0.2) is 4.98 Å². The van der Waals surface area contributed by atoms with Crippen LogP contribution in [0.25, 0.3) is 0 Å².